The number of hydrogen-bond acceptors (Lipinski definition) is 3. The Morgan fingerprint density at radius 1 is 1.08 bits per heavy atom. The summed E-state index contributed by atoms with van der Waals surface area (Å²) in [5.41, 5.74) is 3.18. The zero-order valence-electron chi connectivity index (χ0n) is 14.0. The number of carbonyl (C=O) groups excluding carboxylic acids is 3. The Hall–Kier alpha value is -2.86. The van der Waals surface area contributed by atoms with Crippen molar-refractivity contribution in [3.8, 4) is 0 Å². The number of fused-ring (bicyclic) bond motifs is 1. The predicted octanol–water partition coefficient (Wildman–Crippen LogP) is 2.52. The molecule has 134 valence electrons. The molecule has 7 heteroatoms. The second-order valence-electron chi connectivity index (χ2n) is 6.01. The summed E-state index contributed by atoms with van der Waals surface area (Å²) in [7, 11) is 0. The van der Waals surface area contributed by atoms with E-state index in [0.717, 1.165) is 16.8 Å². The molecule has 0 radical (unpaired) electrons. The average molecular weight is 372 g/mol. The van der Waals surface area contributed by atoms with E-state index in [2.05, 4.69) is 16.0 Å². The molecule has 0 saturated heterocycles. The maximum Gasteiger partial charge on any atom is 0.313 e. The quantitative estimate of drug-likeness (QED) is 0.722. The molecule has 1 aliphatic heterocycles. The van der Waals surface area contributed by atoms with Crippen molar-refractivity contribution in [2.24, 2.45) is 0 Å². The molecule has 0 aromatic heterocycles. The van der Waals surface area contributed by atoms with Gasteiger partial charge >= 0.3 is 11.8 Å². The summed E-state index contributed by atoms with van der Waals surface area (Å²) < 4.78 is 0. The van der Waals surface area contributed by atoms with Crippen molar-refractivity contribution in [3.05, 3.63) is 58.6 Å². The molecule has 1 heterocycles. The average Bonchev–Trinajstić information content (AvgIpc) is 2.62. The van der Waals surface area contributed by atoms with E-state index in [1.165, 1.54) is 0 Å². The number of nitrogens with one attached hydrogen (secondary N) is 3. The van der Waals surface area contributed by atoms with Gasteiger partial charge in [-0.05, 0) is 54.3 Å². The number of halogens is 1. The van der Waals surface area contributed by atoms with Crippen molar-refractivity contribution >= 4 is 40.7 Å². The molecule has 1 aliphatic rings. The van der Waals surface area contributed by atoms with Crippen molar-refractivity contribution in [3.63, 3.8) is 0 Å². The van der Waals surface area contributed by atoms with Gasteiger partial charge in [-0.25, -0.2) is 0 Å². The largest absolute Gasteiger partial charge is 0.347 e. The summed E-state index contributed by atoms with van der Waals surface area (Å²) in [6, 6.07) is 12.5. The molecule has 0 bridgehead atoms. The third kappa shape index (κ3) is 4.61. The lowest BCUT2D eigenvalue weighted by Gasteiger charge is -2.17. The second-order valence-corrected chi connectivity index (χ2v) is 6.45. The van der Waals surface area contributed by atoms with E-state index in [1.807, 2.05) is 18.2 Å². The maximum absolute atomic E-state index is 12.0. The number of anilines is 2. The lowest BCUT2D eigenvalue weighted by molar-refractivity contribution is -0.136. The summed E-state index contributed by atoms with van der Waals surface area (Å²) >= 11 is 5.91. The molecule has 2 aromatic rings. The molecule has 3 rings (SSSR count). The van der Waals surface area contributed by atoms with Crippen LogP contribution in [-0.4, -0.2) is 24.3 Å². The van der Waals surface area contributed by atoms with E-state index in [4.69, 9.17) is 11.6 Å². The molecule has 0 unspecified atom stereocenters. The smallest absolute Gasteiger partial charge is 0.313 e. The molecule has 3 amide bonds. The Bertz CT molecular complexity index is 867. The van der Waals surface area contributed by atoms with Gasteiger partial charge in [0.2, 0.25) is 5.91 Å². The van der Waals surface area contributed by atoms with E-state index in [1.54, 1.807) is 24.3 Å². The third-order valence-corrected chi connectivity index (χ3v) is 4.29. The first-order chi connectivity index (χ1) is 12.5. The molecule has 2 aromatic carbocycles. The zero-order valence-corrected chi connectivity index (χ0v) is 14.7. The Labute approximate surface area is 155 Å². The molecule has 0 saturated carbocycles. The molecular formula is C19H18ClN3O3. The van der Waals surface area contributed by atoms with E-state index in [9.17, 15) is 14.4 Å². The summed E-state index contributed by atoms with van der Waals surface area (Å²) in [6.07, 6.45) is 1.60. The van der Waals surface area contributed by atoms with E-state index < -0.39 is 11.8 Å². The van der Waals surface area contributed by atoms with Gasteiger partial charge < -0.3 is 16.0 Å². The molecule has 26 heavy (non-hydrogen) atoms. The highest BCUT2D eigenvalue weighted by atomic mass is 35.5. The Kier molecular flexibility index (Phi) is 5.53. The molecule has 3 N–H and O–H groups in total. The van der Waals surface area contributed by atoms with Crippen molar-refractivity contribution in [1.82, 2.24) is 5.32 Å². The lowest BCUT2D eigenvalue weighted by atomic mass is 10.0. The van der Waals surface area contributed by atoms with Gasteiger partial charge in [0.25, 0.3) is 0 Å². The highest BCUT2D eigenvalue weighted by Crippen LogP contribution is 2.25. The molecule has 0 fully saturated rings. The summed E-state index contributed by atoms with van der Waals surface area (Å²) in [4.78, 5) is 35.3. The summed E-state index contributed by atoms with van der Waals surface area (Å²) in [6.45, 7) is 0.336. The Balaban J connectivity index is 1.51. The van der Waals surface area contributed by atoms with Gasteiger partial charge in [0, 0.05) is 29.4 Å². The molecule has 0 spiro atoms. The second kappa shape index (κ2) is 8.01. The van der Waals surface area contributed by atoms with Crippen LogP contribution in [0.25, 0.3) is 0 Å². The number of carbonyl (C=O) groups is 3. The van der Waals surface area contributed by atoms with Crippen molar-refractivity contribution in [1.29, 1.82) is 0 Å². The van der Waals surface area contributed by atoms with Crippen LogP contribution >= 0.6 is 11.6 Å². The van der Waals surface area contributed by atoms with Gasteiger partial charge in [-0.2, -0.15) is 0 Å². The van der Waals surface area contributed by atoms with Crippen LogP contribution in [-0.2, 0) is 27.2 Å². The third-order valence-electron chi connectivity index (χ3n) is 4.05. The van der Waals surface area contributed by atoms with Gasteiger partial charge in [-0.15, -0.1) is 0 Å². The molecule has 6 nitrogen and oxygen atoms in total. The number of hydrogen-bond donors (Lipinski definition) is 3. The van der Waals surface area contributed by atoms with Crippen LogP contribution in [0.3, 0.4) is 0 Å². The number of aryl methyl sites for hydroxylation is 1. The molecular weight excluding hydrogens is 354 g/mol. The topological polar surface area (TPSA) is 87.3 Å². The van der Waals surface area contributed by atoms with Crippen LogP contribution < -0.4 is 16.0 Å². The van der Waals surface area contributed by atoms with Gasteiger partial charge in [0.15, 0.2) is 0 Å². The van der Waals surface area contributed by atoms with Crippen LogP contribution in [0.2, 0.25) is 5.02 Å². The SMILES string of the molecule is O=C1CCc2cc(NC(=O)C(=O)NCCc3cccc(Cl)c3)ccc2N1. The fourth-order valence-corrected chi connectivity index (χ4v) is 2.96. The van der Waals surface area contributed by atoms with Crippen LogP contribution in [0.4, 0.5) is 11.4 Å². The normalized spacial score (nSPS) is 12.7. The fraction of sp³-hybridized carbons (Fsp3) is 0.211. The zero-order chi connectivity index (χ0) is 18.5. The van der Waals surface area contributed by atoms with Crippen molar-refractivity contribution < 1.29 is 14.4 Å². The first-order valence-electron chi connectivity index (χ1n) is 8.27. The lowest BCUT2D eigenvalue weighted by Crippen LogP contribution is -2.36. The van der Waals surface area contributed by atoms with Crippen LogP contribution in [0.5, 0.6) is 0 Å². The van der Waals surface area contributed by atoms with Gasteiger partial charge in [0.1, 0.15) is 0 Å². The highest BCUT2D eigenvalue weighted by molar-refractivity contribution is 6.39. The summed E-state index contributed by atoms with van der Waals surface area (Å²) in [5.74, 6) is -1.44. The van der Waals surface area contributed by atoms with E-state index in [0.29, 0.717) is 36.5 Å². The molecule has 0 aliphatic carbocycles. The van der Waals surface area contributed by atoms with Gasteiger partial charge in [-0.1, -0.05) is 23.7 Å². The predicted molar refractivity (Wildman–Crippen MR) is 100 cm³/mol. The van der Waals surface area contributed by atoms with Gasteiger partial charge in [0.05, 0.1) is 0 Å². The number of amides is 3. The minimum atomic E-state index is -0.726. The highest BCUT2D eigenvalue weighted by Gasteiger charge is 2.17. The fourth-order valence-electron chi connectivity index (χ4n) is 2.74. The standard InChI is InChI=1S/C19H18ClN3O3/c20-14-3-1-2-12(10-14)8-9-21-18(25)19(26)22-15-5-6-16-13(11-15)4-7-17(24)23-16/h1-3,5-6,10-11H,4,7-9H2,(H,21,25)(H,22,26)(H,23,24). The monoisotopic (exact) mass is 371 g/mol. The first-order valence-corrected chi connectivity index (χ1v) is 8.65. The molecule has 0 atom stereocenters. The number of rotatable bonds is 4. The van der Waals surface area contributed by atoms with E-state index in [-0.39, 0.29) is 5.91 Å². The minimum absolute atomic E-state index is 0.0200. The Morgan fingerprint density at radius 2 is 1.92 bits per heavy atom. The summed E-state index contributed by atoms with van der Waals surface area (Å²) in [5, 5.41) is 8.57. The van der Waals surface area contributed by atoms with Crippen LogP contribution in [0.1, 0.15) is 17.5 Å². The minimum Gasteiger partial charge on any atom is -0.347 e. The van der Waals surface area contributed by atoms with Crippen LogP contribution in [0, 0.1) is 0 Å². The number of benzene rings is 2. The van der Waals surface area contributed by atoms with Crippen molar-refractivity contribution in [2.45, 2.75) is 19.3 Å². The first kappa shape index (κ1) is 17.9. The maximum atomic E-state index is 12.0. The van der Waals surface area contributed by atoms with Gasteiger partial charge in [-0.3, -0.25) is 14.4 Å². The Morgan fingerprint density at radius 3 is 2.73 bits per heavy atom. The van der Waals surface area contributed by atoms with E-state index >= 15 is 0 Å². The van der Waals surface area contributed by atoms with Crippen LogP contribution in [0.15, 0.2) is 42.5 Å². The van der Waals surface area contributed by atoms with Crippen molar-refractivity contribution in [2.75, 3.05) is 17.2 Å².